The summed E-state index contributed by atoms with van der Waals surface area (Å²) in [6, 6.07) is -0.126. The second-order valence-corrected chi connectivity index (χ2v) is 14.1. The molecule has 54 heavy (non-hydrogen) atoms. The molecule has 27 heteroatoms. The summed E-state index contributed by atoms with van der Waals surface area (Å²) in [6.07, 6.45) is -2.81. The molecular formula is C27H29N12O14P. The van der Waals surface area contributed by atoms with Gasteiger partial charge in [-0.05, 0) is 31.0 Å². The Labute approximate surface area is 299 Å². The van der Waals surface area contributed by atoms with Gasteiger partial charge in [-0.3, -0.25) is 53.5 Å². The minimum absolute atomic E-state index is 0.139. The van der Waals surface area contributed by atoms with E-state index in [1.165, 1.54) is 26.2 Å². The average Bonchev–Trinajstić information content (AvgIpc) is 3.72. The molecule has 3 aromatic rings. The van der Waals surface area contributed by atoms with Crippen molar-refractivity contribution in [2.45, 2.75) is 69.3 Å². The number of nitro benzene ring substituents is 2. The van der Waals surface area contributed by atoms with Crippen LogP contribution in [0.15, 0.2) is 60.0 Å². The number of aromatic nitrogens is 4. The normalized spacial score (nSPS) is 23.8. The maximum Gasteiger partial charge on any atom is 0.363 e. The highest BCUT2D eigenvalue weighted by atomic mass is 31.2. The highest BCUT2D eigenvalue weighted by Gasteiger charge is 2.46. The zero-order valence-corrected chi connectivity index (χ0v) is 28.8. The van der Waals surface area contributed by atoms with Crippen molar-refractivity contribution in [3.8, 4) is 0 Å². The van der Waals surface area contributed by atoms with Gasteiger partial charge in [-0.1, -0.05) is 10.2 Å². The largest absolute Gasteiger partial charge is 0.376 e. The average molecular weight is 777 g/mol. The Bertz CT molecular complexity index is 2240. The first-order valence-corrected chi connectivity index (χ1v) is 17.2. The molecule has 0 aliphatic carbocycles. The van der Waals surface area contributed by atoms with Crippen LogP contribution in [-0.2, 0) is 23.1 Å². The minimum atomic E-state index is -5.15. The zero-order chi connectivity index (χ0) is 39.5. The molecule has 0 radical (unpaired) electrons. The summed E-state index contributed by atoms with van der Waals surface area (Å²) in [5.74, 6) is -2.52. The maximum absolute atomic E-state index is 14.6. The lowest BCUT2D eigenvalue weighted by Crippen LogP contribution is -2.33. The number of rotatable bonds is 14. The number of aryl methyl sites for hydroxylation is 2. The van der Waals surface area contributed by atoms with Gasteiger partial charge in [0.15, 0.2) is 5.85 Å². The Morgan fingerprint density at radius 2 is 1.37 bits per heavy atom. The van der Waals surface area contributed by atoms with Gasteiger partial charge in [0.25, 0.3) is 22.5 Å². The van der Waals surface area contributed by atoms with Crippen molar-refractivity contribution in [3.63, 3.8) is 0 Å². The van der Waals surface area contributed by atoms with Crippen LogP contribution in [0.1, 0.15) is 47.8 Å². The molecule has 5 rings (SSSR count). The Balaban J connectivity index is 1.47. The molecule has 3 N–H and O–H groups in total. The van der Waals surface area contributed by atoms with E-state index >= 15 is 0 Å². The summed E-state index contributed by atoms with van der Waals surface area (Å²) in [5.41, 5.74) is 13.1. The van der Waals surface area contributed by atoms with Crippen LogP contribution in [0.3, 0.4) is 0 Å². The van der Waals surface area contributed by atoms with Crippen molar-refractivity contribution in [2.75, 3.05) is 13.2 Å². The van der Waals surface area contributed by atoms with Crippen LogP contribution in [0.5, 0.6) is 0 Å². The van der Waals surface area contributed by atoms with Crippen molar-refractivity contribution in [3.05, 3.63) is 130 Å². The van der Waals surface area contributed by atoms with Gasteiger partial charge in [0.2, 0.25) is 0 Å². The number of aliphatic hydroxyl groups excluding tert-OH is 1. The SMILES string of the molecule is Cc1cn([C@H]2C[C@H](N=[N+]=[N-])[C@@H](COP(=O)(OC[C@H]3O[C@@H](n4cc(C)c(=O)[nH]c4=O)C[C@@H]3N=[N+]=[N-])C(O)c3ccc([N+](=O)[O-])cc3[N+](=O)[O-])O2)c(=O)[nH]c1=O. The Morgan fingerprint density at radius 3 is 1.78 bits per heavy atom. The topological polar surface area (TPSA) is 368 Å². The van der Waals surface area contributed by atoms with E-state index in [1.54, 1.807) is 0 Å². The summed E-state index contributed by atoms with van der Waals surface area (Å²) < 4.78 is 39.5. The molecule has 2 fully saturated rings. The predicted molar refractivity (Wildman–Crippen MR) is 179 cm³/mol. The van der Waals surface area contributed by atoms with E-state index in [-0.39, 0.29) is 24.0 Å². The molecule has 0 spiro atoms. The minimum Gasteiger partial charge on any atom is -0.376 e. The van der Waals surface area contributed by atoms with E-state index in [9.17, 15) is 60.1 Å². The number of benzene rings is 1. The molecule has 1 unspecified atom stereocenters. The lowest BCUT2D eigenvalue weighted by Gasteiger charge is -2.27. The zero-order valence-electron chi connectivity index (χ0n) is 27.9. The summed E-state index contributed by atoms with van der Waals surface area (Å²) in [4.78, 5) is 79.9. The monoisotopic (exact) mass is 776 g/mol. The summed E-state index contributed by atoms with van der Waals surface area (Å²) in [7, 11) is -5.15. The van der Waals surface area contributed by atoms with Gasteiger partial charge in [-0.25, -0.2) is 9.59 Å². The number of azide groups is 2. The first-order chi connectivity index (χ1) is 25.6. The number of ether oxygens (including phenoxy) is 2. The third-order valence-electron chi connectivity index (χ3n) is 8.56. The van der Waals surface area contributed by atoms with E-state index in [2.05, 4.69) is 30.0 Å². The van der Waals surface area contributed by atoms with E-state index < -0.39 is 113 Å². The standard InChI is InChI=1S/C27H29N12O14P/c1-12-8-36(26(43)30-23(12)40)21-6-16(32-34-28)19(52-21)10-50-54(49,25(42)15-4-3-14(38(45)46)5-18(15)39(47)48)51-11-20-17(33-35-29)7-22(53-20)37-9-13(2)24(41)31-27(37)44/h3-5,8-9,16-17,19-22,25,42H,6-7,10-11H2,1-2H3,(H,30,40,43)(H,31,41,44)/t16-,17-,19+,20+,21+,22+,25?/m0/s1. The maximum atomic E-state index is 14.6. The van der Waals surface area contributed by atoms with Gasteiger partial charge < -0.3 is 23.6 Å². The molecule has 2 aliphatic heterocycles. The van der Waals surface area contributed by atoms with Gasteiger partial charge in [0.1, 0.15) is 12.5 Å². The smallest absolute Gasteiger partial charge is 0.363 e. The first-order valence-electron chi connectivity index (χ1n) is 15.6. The summed E-state index contributed by atoms with van der Waals surface area (Å²) in [6.45, 7) is 1.22. The number of hydrogen-bond acceptors (Lipinski definition) is 16. The molecular weight excluding hydrogens is 747 g/mol. The number of aromatic amines is 2. The Morgan fingerprint density at radius 1 is 0.907 bits per heavy atom. The number of aliphatic hydroxyl groups is 1. The second-order valence-electron chi connectivity index (χ2n) is 12.0. The second kappa shape index (κ2) is 16.0. The highest BCUT2D eigenvalue weighted by Crippen LogP contribution is 2.61. The molecule has 0 saturated carbocycles. The number of non-ortho nitro benzene ring substituents is 1. The van der Waals surface area contributed by atoms with Crippen molar-refractivity contribution in [2.24, 2.45) is 10.2 Å². The van der Waals surface area contributed by atoms with E-state index in [4.69, 9.17) is 18.5 Å². The van der Waals surface area contributed by atoms with Crippen LogP contribution in [0.2, 0.25) is 0 Å². The van der Waals surface area contributed by atoms with Crippen LogP contribution in [0.25, 0.3) is 20.9 Å². The van der Waals surface area contributed by atoms with Crippen molar-refractivity contribution < 1.29 is 38.0 Å². The number of nitrogens with zero attached hydrogens (tertiary/aromatic N) is 10. The first kappa shape index (κ1) is 39.2. The Kier molecular flexibility index (Phi) is 11.6. The summed E-state index contributed by atoms with van der Waals surface area (Å²) >= 11 is 0. The number of H-pyrrole nitrogens is 2. The molecule has 2 aliphatic rings. The molecule has 0 amide bonds. The molecule has 1 aromatic carbocycles. The van der Waals surface area contributed by atoms with Gasteiger partial charge >= 0.3 is 19.0 Å². The molecule has 0 bridgehead atoms. The van der Waals surface area contributed by atoms with Gasteiger partial charge in [0, 0.05) is 52.3 Å². The molecule has 7 atom stereocenters. The van der Waals surface area contributed by atoms with Crippen molar-refractivity contribution in [1.29, 1.82) is 0 Å². The van der Waals surface area contributed by atoms with Crippen LogP contribution in [-0.4, -0.2) is 71.6 Å². The number of nitrogens with one attached hydrogen (secondary N) is 2. The van der Waals surface area contributed by atoms with E-state index in [1.807, 2.05) is 0 Å². The van der Waals surface area contributed by atoms with Gasteiger partial charge in [-0.15, -0.1) is 0 Å². The molecule has 4 heterocycles. The lowest BCUT2D eigenvalue weighted by molar-refractivity contribution is -0.394. The predicted octanol–water partition coefficient (Wildman–Crippen LogP) is 2.37. The van der Waals surface area contributed by atoms with Crippen LogP contribution < -0.4 is 22.5 Å². The molecule has 2 saturated heterocycles. The van der Waals surface area contributed by atoms with Crippen LogP contribution in [0.4, 0.5) is 11.4 Å². The fourth-order valence-electron chi connectivity index (χ4n) is 5.77. The third-order valence-corrected chi connectivity index (χ3v) is 10.5. The number of hydrogen-bond donors (Lipinski definition) is 3. The summed E-state index contributed by atoms with van der Waals surface area (Å²) in [5, 5.41) is 42.0. The van der Waals surface area contributed by atoms with Crippen LogP contribution >= 0.6 is 7.60 Å². The molecule has 26 nitrogen and oxygen atoms in total. The van der Waals surface area contributed by atoms with Gasteiger partial charge in [0.05, 0.1) is 59.0 Å². The third kappa shape index (κ3) is 8.15. The van der Waals surface area contributed by atoms with Gasteiger partial charge in [-0.2, -0.15) is 0 Å². The fourth-order valence-corrected chi connectivity index (χ4v) is 7.40. The molecule has 2 aromatic heterocycles. The van der Waals surface area contributed by atoms with Crippen LogP contribution in [0, 0.1) is 34.1 Å². The fraction of sp³-hybridized carbons (Fsp3) is 0.481. The van der Waals surface area contributed by atoms with E-state index in [0.29, 0.717) is 6.07 Å². The highest BCUT2D eigenvalue weighted by molar-refractivity contribution is 7.54. The van der Waals surface area contributed by atoms with Crippen molar-refractivity contribution in [1.82, 2.24) is 19.1 Å². The molecule has 286 valence electrons. The number of nitro groups is 2. The van der Waals surface area contributed by atoms with Crippen molar-refractivity contribution >= 4 is 19.0 Å². The Hall–Kier alpha value is -5.97. The lowest BCUT2D eigenvalue weighted by atomic mass is 10.1. The van der Waals surface area contributed by atoms with E-state index in [0.717, 1.165) is 21.3 Å². The quantitative estimate of drug-likeness (QED) is 0.0528.